The zero-order chi connectivity index (χ0) is 14.8. The predicted molar refractivity (Wildman–Crippen MR) is 82.9 cm³/mol. The Balaban J connectivity index is 2.00. The molecule has 1 aromatic rings. The van der Waals surface area contributed by atoms with E-state index in [1.54, 1.807) is 4.90 Å². The van der Waals surface area contributed by atoms with Crippen LogP contribution < -0.4 is 0 Å². The van der Waals surface area contributed by atoms with Crippen LogP contribution in [0.25, 0.3) is 0 Å². The van der Waals surface area contributed by atoms with Crippen molar-refractivity contribution in [2.45, 2.75) is 26.2 Å². The summed E-state index contributed by atoms with van der Waals surface area (Å²) < 4.78 is 5.04. The van der Waals surface area contributed by atoms with Gasteiger partial charge in [0.25, 0.3) is 0 Å². The van der Waals surface area contributed by atoms with E-state index in [4.69, 9.17) is 4.74 Å². The highest BCUT2D eigenvalue weighted by Gasteiger charge is 2.29. The molecule has 21 heavy (non-hydrogen) atoms. The van der Waals surface area contributed by atoms with Gasteiger partial charge >= 0.3 is 6.09 Å². The van der Waals surface area contributed by atoms with E-state index in [0.29, 0.717) is 19.1 Å². The Labute approximate surface area is 125 Å². The Kier molecular flexibility index (Phi) is 3.82. The van der Waals surface area contributed by atoms with Crippen LogP contribution in [0.4, 0.5) is 4.79 Å². The molecule has 3 rings (SSSR count). The van der Waals surface area contributed by atoms with Crippen molar-refractivity contribution in [3.8, 4) is 0 Å². The van der Waals surface area contributed by atoms with E-state index in [1.165, 1.54) is 16.7 Å². The molecule has 3 nitrogen and oxygen atoms in total. The number of rotatable bonds is 2. The summed E-state index contributed by atoms with van der Waals surface area (Å²) in [5.74, 6) is 0.704. The lowest BCUT2D eigenvalue weighted by atomic mass is 9.75. The van der Waals surface area contributed by atoms with Crippen LogP contribution in [0.5, 0.6) is 0 Å². The fourth-order valence-corrected chi connectivity index (χ4v) is 3.17. The molecular weight excluding hydrogens is 262 g/mol. The topological polar surface area (TPSA) is 29.5 Å². The van der Waals surface area contributed by atoms with E-state index in [-0.39, 0.29) is 12.0 Å². The largest absolute Gasteiger partial charge is 0.447 e. The first-order chi connectivity index (χ1) is 10.2. The van der Waals surface area contributed by atoms with Gasteiger partial charge in [-0.3, -0.25) is 4.90 Å². The minimum absolute atomic E-state index is 0.228. The molecule has 1 aliphatic carbocycles. The Morgan fingerprint density at radius 1 is 1.29 bits per heavy atom. The van der Waals surface area contributed by atoms with Gasteiger partial charge in [0.1, 0.15) is 6.61 Å². The van der Waals surface area contributed by atoms with E-state index in [1.807, 2.05) is 12.3 Å². The van der Waals surface area contributed by atoms with Gasteiger partial charge in [-0.25, -0.2) is 4.79 Å². The summed E-state index contributed by atoms with van der Waals surface area (Å²) in [5.41, 5.74) is 3.95. The van der Waals surface area contributed by atoms with Gasteiger partial charge in [0, 0.05) is 12.1 Å². The number of hydrogen-bond acceptors (Lipinski definition) is 2. The summed E-state index contributed by atoms with van der Waals surface area (Å²) in [6.07, 6.45) is 5.15. The number of amides is 1. The first-order valence-electron chi connectivity index (χ1n) is 7.53. The fraction of sp³-hybridized carbons (Fsp3) is 0.389. The second-order valence-electron chi connectivity index (χ2n) is 5.87. The van der Waals surface area contributed by atoms with E-state index < -0.39 is 0 Å². The molecule has 0 N–H and O–H groups in total. The molecule has 1 heterocycles. The first kappa shape index (κ1) is 13.9. The molecule has 0 saturated carbocycles. The molecule has 0 aromatic heterocycles. The average Bonchev–Trinajstić information content (AvgIpc) is 2.89. The number of nitrogens with zero attached hydrogens (tertiary/aromatic N) is 1. The van der Waals surface area contributed by atoms with Gasteiger partial charge in [-0.05, 0) is 30.4 Å². The van der Waals surface area contributed by atoms with Gasteiger partial charge in [-0.1, -0.05) is 48.9 Å². The zero-order valence-corrected chi connectivity index (χ0v) is 12.6. The summed E-state index contributed by atoms with van der Waals surface area (Å²) in [5, 5.41) is 0. The maximum atomic E-state index is 11.7. The Bertz CT molecular complexity index is 588. The molecule has 1 aromatic carbocycles. The van der Waals surface area contributed by atoms with Crippen molar-refractivity contribution in [1.29, 1.82) is 0 Å². The van der Waals surface area contributed by atoms with Crippen LogP contribution in [0, 0.1) is 5.92 Å². The number of ether oxygens (including phenoxy) is 1. The lowest BCUT2D eigenvalue weighted by molar-refractivity contribution is 0.166. The van der Waals surface area contributed by atoms with Crippen LogP contribution in [-0.4, -0.2) is 24.1 Å². The van der Waals surface area contributed by atoms with E-state index in [0.717, 1.165) is 6.42 Å². The molecule has 1 amide bonds. The molecule has 0 spiro atoms. The monoisotopic (exact) mass is 283 g/mol. The summed E-state index contributed by atoms with van der Waals surface area (Å²) in [7, 11) is 0. The van der Waals surface area contributed by atoms with Gasteiger partial charge in [0.2, 0.25) is 0 Å². The third kappa shape index (κ3) is 2.73. The van der Waals surface area contributed by atoms with Gasteiger partial charge in [0.15, 0.2) is 0 Å². The third-order valence-electron chi connectivity index (χ3n) is 4.38. The molecule has 0 radical (unpaired) electrons. The summed E-state index contributed by atoms with van der Waals surface area (Å²) >= 11 is 0. The highest BCUT2D eigenvalue weighted by molar-refractivity contribution is 5.71. The van der Waals surface area contributed by atoms with Crippen LogP contribution in [0.2, 0.25) is 0 Å². The van der Waals surface area contributed by atoms with Crippen molar-refractivity contribution in [2.75, 3.05) is 13.2 Å². The van der Waals surface area contributed by atoms with Crippen LogP contribution >= 0.6 is 0 Å². The van der Waals surface area contributed by atoms with Crippen molar-refractivity contribution in [3.05, 3.63) is 59.3 Å². The lowest BCUT2D eigenvalue weighted by Gasteiger charge is -2.31. The van der Waals surface area contributed by atoms with Crippen molar-refractivity contribution in [1.82, 2.24) is 4.90 Å². The second kappa shape index (κ2) is 5.76. The average molecular weight is 283 g/mol. The molecule has 1 aliphatic heterocycles. The van der Waals surface area contributed by atoms with Crippen LogP contribution in [0.3, 0.4) is 0 Å². The van der Waals surface area contributed by atoms with Gasteiger partial charge in [0.05, 0.1) is 6.54 Å². The van der Waals surface area contributed by atoms with Gasteiger partial charge in [-0.15, -0.1) is 0 Å². The minimum Gasteiger partial charge on any atom is -0.447 e. The zero-order valence-electron chi connectivity index (χ0n) is 12.6. The second-order valence-corrected chi connectivity index (χ2v) is 5.87. The van der Waals surface area contributed by atoms with Gasteiger partial charge in [-0.2, -0.15) is 0 Å². The number of carbonyl (C=O) groups excluding carboxylic acids is 1. The summed E-state index contributed by atoms with van der Waals surface area (Å²) in [6, 6.07) is 10.5. The van der Waals surface area contributed by atoms with E-state index in [9.17, 15) is 4.79 Å². The van der Waals surface area contributed by atoms with Crippen molar-refractivity contribution < 1.29 is 9.53 Å². The molecule has 1 fully saturated rings. The highest BCUT2D eigenvalue weighted by Crippen LogP contribution is 2.41. The maximum Gasteiger partial charge on any atom is 0.413 e. The SMILES string of the molecule is CC1=CC[C@H](C)/C(=C/N2CCOC2=O)[C@H]1c1ccccc1. The molecule has 0 unspecified atom stereocenters. The van der Waals surface area contributed by atoms with E-state index >= 15 is 0 Å². The number of cyclic esters (lactones) is 1. The fourth-order valence-electron chi connectivity index (χ4n) is 3.17. The minimum atomic E-state index is -0.228. The van der Waals surface area contributed by atoms with Crippen molar-refractivity contribution in [2.24, 2.45) is 5.92 Å². The summed E-state index contributed by atoms with van der Waals surface area (Å²) in [4.78, 5) is 13.4. The molecule has 2 aliphatic rings. The summed E-state index contributed by atoms with van der Waals surface area (Å²) in [6.45, 7) is 5.55. The molecular formula is C18H21NO2. The van der Waals surface area contributed by atoms with Crippen molar-refractivity contribution >= 4 is 6.09 Å². The Morgan fingerprint density at radius 3 is 2.71 bits per heavy atom. The maximum absolute atomic E-state index is 11.7. The number of hydrogen-bond donors (Lipinski definition) is 0. The van der Waals surface area contributed by atoms with Gasteiger partial charge < -0.3 is 4.74 Å². The Hall–Kier alpha value is -2.03. The lowest BCUT2D eigenvalue weighted by Crippen LogP contribution is -2.23. The molecule has 2 atom stereocenters. The molecule has 3 heteroatoms. The molecule has 110 valence electrons. The van der Waals surface area contributed by atoms with Crippen LogP contribution in [-0.2, 0) is 4.74 Å². The first-order valence-corrected chi connectivity index (χ1v) is 7.53. The predicted octanol–water partition coefficient (Wildman–Crippen LogP) is 4.09. The highest BCUT2D eigenvalue weighted by atomic mass is 16.6. The third-order valence-corrected chi connectivity index (χ3v) is 4.38. The number of allylic oxidation sites excluding steroid dienone is 3. The van der Waals surface area contributed by atoms with Crippen LogP contribution in [0.1, 0.15) is 31.7 Å². The molecule has 1 saturated heterocycles. The smallest absolute Gasteiger partial charge is 0.413 e. The quantitative estimate of drug-likeness (QED) is 0.765. The van der Waals surface area contributed by atoms with Crippen molar-refractivity contribution in [3.63, 3.8) is 0 Å². The normalized spacial score (nSPS) is 27.7. The van der Waals surface area contributed by atoms with Crippen LogP contribution in [0.15, 0.2) is 53.8 Å². The standard InChI is InChI=1S/C18H21NO2/c1-13-8-9-14(2)17(15-6-4-3-5-7-15)16(13)12-19-10-11-21-18(19)20/h3-7,9,12-13,17H,8,10-11H2,1-2H3/b16-12-/t13-,17+/m0/s1. The number of carbonyl (C=O) groups is 1. The number of benzene rings is 1. The van der Waals surface area contributed by atoms with E-state index in [2.05, 4.69) is 44.2 Å². The Morgan fingerprint density at radius 2 is 2.05 bits per heavy atom. The molecule has 0 bridgehead atoms.